The van der Waals surface area contributed by atoms with Gasteiger partial charge in [0.15, 0.2) is 5.13 Å². The molecule has 0 saturated heterocycles. The number of hydrogen-bond acceptors (Lipinski definition) is 4. The number of anilines is 1. The molecule has 0 aliphatic heterocycles. The van der Waals surface area contributed by atoms with Crippen LogP contribution in [0, 0.1) is 0 Å². The van der Waals surface area contributed by atoms with Crippen molar-refractivity contribution in [1.29, 1.82) is 0 Å². The van der Waals surface area contributed by atoms with E-state index >= 15 is 0 Å². The van der Waals surface area contributed by atoms with Gasteiger partial charge in [-0.25, -0.2) is 4.98 Å². The van der Waals surface area contributed by atoms with Crippen molar-refractivity contribution in [3.05, 3.63) is 9.85 Å². The highest BCUT2D eigenvalue weighted by molar-refractivity contribution is 9.10. The van der Waals surface area contributed by atoms with E-state index in [9.17, 15) is 0 Å². The number of fused-ring (bicyclic) bond motifs is 1. The molecule has 10 heavy (non-hydrogen) atoms. The lowest BCUT2D eigenvalue weighted by molar-refractivity contribution is 1.50. The predicted octanol–water partition coefficient (Wildman–Crippen LogP) is 2.70. The minimum atomic E-state index is 0.641. The number of thiophene rings is 1. The SMILES string of the molecule is Nc1nc2c(Br)csc2s1. The molecule has 2 rings (SSSR count). The van der Waals surface area contributed by atoms with Crippen molar-refractivity contribution in [2.45, 2.75) is 0 Å². The third-order valence-corrected chi connectivity index (χ3v) is 3.99. The Morgan fingerprint density at radius 1 is 1.60 bits per heavy atom. The molecule has 0 bridgehead atoms. The average molecular weight is 235 g/mol. The van der Waals surface area contributed by atoms with E-state index in [0.717, 1.165) is 9.99 Å². The lowest BCUT2D eigenvalue weighted by Crippen LogP contribution is -1.78. The van der Waals surface area contributed by atoms with Gasteiger partial charge in [0.2, 0.25) is 0 Å². The third kappa shape index (κ3) is 0.853. The van der Waals surface area contributed by atoms with Crippen molar-refractivity contribution >= 4 is 53.3 Å². The summed E-state index contributed by atoms with van der Waals surface area (Å²) in [5.41, 5.74) is 6.49. The molecule has 0 amide bonds. The summed E-state index contributed by atoms with van der Waals surface area (Å²) in [6.45, 7) is 0. The van der Waals surface area contributed by atoms with E-state index in [1.165, 1.54) is 15.4 Å². The second-order valence-electron chi connectivity index (χ2n) is 1.77. The summed E-state index contributed by atoms with van der Waals surface area (Å²) >= 11 is 6.57. The highest BCUT2D eigenvalue weighted by atomic mass is 79.9. The normalized spacial score (nSPS) is 10.9. The molecule has 0 aliphatic rings. The summed E-state index contributed by atoms with van der Waals surface area (Å²) in [7, 11) is 0. The molecule has 0 radical (unpaired) electrons. The van der Waals surface area contributed by atoms with Gasteiger partial charge in [-0.05, 0) is 15.9 Å². The van der Waals surface area contributed by atoms with E-state index in [4.69, 9.17) is 5.73 Å². The van der Waals surface area contributed by atoms with Crippen LogP contribution in [-0.4, -0.2) is 4.98 Å². The molecule has 0 aromatic carbocycles. The van der Waals surface area contributed by atoms with E-state index in [1.54, 1.807) is 11.3 Å². The number of thiazole rings is 1. The van der Waals surface area contributed by atoms with Crippen LogP contribution >= 0.6 is 38.6 Å². The Kier molecular flexibility index (Phi) is 1.43. The van der Waals surface area contributed by atoms with Gasteiger partial charge in [0.05, 0.1) is 4.47 Å². The van der Waals surface area contributed by atoms with E-state index in [0.29, 0.717) is 5.13 Å². The maximum absolute atomic E-state index is 5.50. The van der Waals surface area contributed by atoms with Gasteiger partial charge in [0, 0.05) is 5.38 Å². The Bertz CT molecular complexity index is 364. The van der Waals surface area contributed by atoms with Gasteiger partial charge in [-0.1, -0.05) is 11.3 Å². The van der Waals surface area contributed by atoms with Crippen LogP contribution in [0.15, 0.2) is 9.85 Å². The first-order valence-electron chi connectivity index (χ1n) is 2.56. The van der Waals surface area contributed by atoms with E-state index in [-0.39, 0.29) is 0 Å². The Balaban J connectivity index is 2.90. The molecular weight excluding hydrogens is 232 g/mol. The largest absolute Gasteiger partial charge is 0.375 e. The number of nitrogens with two attached hydrogens (primary N) is 1. The maximum atomic E-state index is 5.50. The highest BCUT2D eigenvalue weighted by Gasteiger charge is 2.05. The molecule has 0 atom stereocenters. The van der Waals surface area contributed by atoms with Crippen molar-refractivity contribution < 1.29 is 0 Å². The molecule has 2 nitrogen and oxygen atoms in total. The number of hydrogen-bond donors (Lipinski definition) is 1. The zero-order valence-electron chi connectivity index (χ0n) is 4.80. The van der Waals surface area contributed by atoms with Gasteiger partial charge in [0.1, 0.15) is 9.53 Å². The van der Waals surface area contributed by atoms with Gasteiger partial charge >= 0.3 is 0 Å². The molecule has 0 unspecified atom stereocenters. The number of halogens is 1. The molecule has 0 saturated carbocycles. The Morgan fingerprint density at radius 2 is 2.40 bits per heavy atom. The molecule has 2 heterocycles. The first-order chi connectivity index (χ1) is 4.77. The average Bonchev–Trinajstić information content (AvgIpc) is 2.35. The molecule has 0 spiro atoms. The zero-order chi connectivity index (χ0) is 7.14. The Hall–Kier alpha value is -0.130. The quantitative estimate of drug-likeness (QED) is 0.762. The topological polar surface area (TPSA) is 38.9 Å². The van der Waals surface area contributed by atoms with Crippen molar-refractivity contribution in [3.8, 4) is 0 Å². The number of nitrogen functional groups attached to an aromatic ring is 1. The van der Waals surface area contributed by atoms with Crippen molar-refractivity contribution in [1.82, 2.24) is 4.98 Å². The van der Waals surface area contributed by atoms with E-state index < -0.39 is 0 Å². The van der Waals surface area contributed by atoms with Crippen LogP contribution in [0.2, 0.25) is 0 Å². The zero-order valence-corrected chi connectivity index (χ0v) is 8.02. The van der Waals surface area contributed by atoms with Gasteiger partial charge in [0.25, 0.3) is 0 Å². The minimum absolute atomic E-state index is 0.641. The predicted molar refractivity (Wildman–Crippen MR) is 49.6 cm³/mol. The van der Waals surface area contributed by atoms with Crippen molar-refractivity contribution in [3.63, 3.8) is 0 Å². The molecule has 2 aromatic heterocycles. The van der Waals surface area contributed by atoms with Crippen LogP contribution < -0.4 is 5.73 Å². The number of nitrogens with zero attached hydrogens (tertiary/aromatic N) is 1. The van der Waals surface area contributed by atoms with E-state index in [1.807, 2.05) is 5.38 Å². The maximum Gasteiger partial charge on any atom is 0.181 e. The molecule has 0 fully saturated rings. The van der Waals surface area contributed by atoms with Crippen LogP contribution in [0.25, 0.3) is 9.53 Å². The summed E-state index contributed by atoms with van der Waals surface area (Å²) in [6, 6.07) is 0. The fraction of sp³-hybridized carbons (Fsp3) is 0. The van der Waals surface area contributed by atoms with Gasteiger partial charge in [-0.15, -0.1) is 11.3 Å². The molecule has 2 aromatic rings. The van der Waals surface area contributed by atoms with Crippen molar-refractivity contribution in [2.24, 2.45) is 0 Å². The lowest BCUT2D eigenvalue weighted by Gasteiger charge is -1.75. The Morgan fingerprint density at radius 3 is 3.10 bits per heavy atom. The van der Waals surface area contributed by atoms with Crippen LogP contribution in [0.5, 0.6) is 0 Å². The minimum Gasteiger partial charge on any atom is -0.375 e. The highest BCUT2D eigenvalue weighted by Crippen LogP contribution is 2.34. The van der Waals surface area contributed by atoms with Gasteiger partial charge in [-0.2, -0.15) is 0 Å². The lowest BCUT2D eigenvalue weighted by atomic mass is 10.6. The van der Waals surface area contributed by atoms with E-state index in [2.05, 4.69) is 20.9 Å². The first kappa shape index (κ1) is 6.57. The molecule has 0 aliphatic carbocycles. The van der Waals surface area contributed by atoms with Crippen LogP contribution in [0.1, 0.15) is 0 Å². The number of aromatic nitrogens is 1. The van der Waals surface area contributed by atoms with Crippen molar-refractivity contribution in [2.75, 3.05) is 5.73 Å². The summed E-state index contributed by atoms with van der Waals surface area (Å²) in [5, 5.41) is 2.66. The standard InChI is InChI=1S/C5H3BrN2S2/c6-2-1-9-4-3(2)8-5(7)10-4/h1H,(H2,7,8). The Labute approximate surface area is 73.8 Å². The molecule has 2 N–H and O–H groups in total. The molecule has 52 valence electrons. The monoisotopic (exact) mass is 234 g/mol. The van der Waals surface area contributed by atoms with Gasteiger partial charge in [-0.3, -0.25) is 0 Å². The molecule has 5 heteroatoms. The smallest absolute Gasteiger partial charge is 0.181 e. The molecular formula is C5H3BrN2S2. The summed E-state index contributed by atoms with van der Waals surface area (Å²) < 4.78 is 2.23. The second-order valence-corrected chi connectivity index (χ2v) is 4.79. The van der Waals surface area contributed by atoms with Crippen LogP contribution in [0.3, 0.4) is 0 Å². The van der Waals surface area contributed by atoms with Gasteiger partial charge < -0.3 is 5.73 Å². The summed E-state index contributed by atoms with van der Waals surface area (Å²) in [4.78, 5) is 4.13. The second kappa shape index (κ2) is 2.18. The fourth-order valence-electron chi connectivity index (χ4n) is 0.714. The summed E-state index contributed by atoms with van der Waals surface area (Å²) in [6.07, 6.45) is 0. The first-order valence-corrected chi connectivity index (χ1v) is 5.05. The number of rotatable bonds is 0. The van der Waals surface area contributed by atoms with Crippen LogP contribution in [0.4, 0.5) is 5.13 Å². The van der Waals surface area contributed by atoms with Crippen LogP contribution in [-0.2, 0) is 0 Å². The summed E-state index contributed by atoms with van der Waals surface area (Å²) in [5.74, 6) is 0. The third-order valence-electron chi connectivity index (χ3n) is 1.11. The fourth-order valence-corrected chi connectivity index (χ4v) is 3.30.